The SMILES string of the molecule is O=C(Nc1ccc2[nH]nc(C(c3ccccc3)(c3ccccc3)c3ccccc3)c2c1)OCc1ccccc1. The Bertz CT molecular complexity index is 1590. The first-order valence-electron chi connectivity index (χ1n) is 12.9. The zero-order chi connectivity index (χ0) is 26.5. The summed E-state index contributed by atoms with van der Waals surface area (Å²) in [5.41, 5.74) is 5.87. The monoisotopic (exact) mass is 509 g/mol. The lowest BCUT2D eigenvalue weighted by Gasteiger charge is -2.35. The molecule has 0 saturated heterocycles. The summed E-state index contributed by atoms with van der Waals surface area (Å²) >= 11 is 0. The van der Waals surface area contributed by atoms with Crippen LogP contribution >= 0.6 is 0 Å². The molecule has 0 fully saturated rings. The molecule has 1 aromatic heterocycles. The maximum Gasteiger partial charge on any atom is 0.411 e. The highest BCUT2D eigenvalue weighted by Gasteiger charge is 2.41. The van der Waals surface area contributed by atoms with Gasteiger partial charge in [-0.3, -0.25) is 10.4 Å². The van der Waals surface area contributed by atoms with Crippen molar-refractivity contribution in [1.29, 1.82) is 0 Å². The van der Waals surface area contributed by atoms with Crippen LogP contribution in [0, 0.1) is 0 Å². The summed E-state index contributed by atoms with van der Waals surface area (Å²) in [6.45, 7) is 0.199. The lowest BCUT2D eigenvalue weighted by atomic mass is 9.66. The molecule has 2 N–H and O–H groups in total. The van der Waals surface area contributed by atoms with Crippen LogP contribution in [0.15, 0.2) is 140 Å². The molecule has 0 aliphatic carbocycles. The van der Waals surface area contributed by atoms with E-state index in [2.05, 4.69) is 83.2 Å². The highest BCUT2D eigenvalue weighted by molar-refractivity contribution is 5.92. The second-order valence-electron chi connectivity index (χ2n) is 9.37. The van der Waals surface area contributed by atoms with Crippen LogP contribution in [0.2, 0.25) is 0 Å². The van der Waals surface area contributed by atoms with Gasteiger partial charge in [-0.2, -0.15) is 5.10 Å². The Morgan fingerprint density at radius 2 is 1.21 bits per heavy atom. The van der Waals surface area contributed by atoms with Crippen LogP contribution in [0.5, 0.6) is 0 Å². The van der Waals surface area contributed by atoms with Crippen molar-refractivity contribution in [3.05, 3.63) is 167 Å². The zero-order valence-corrected chi connectivity index (χ0v) is 21.2. The van der Waals surface area contributed by atoms with Gasteiger partial charge in [-0.05, 0) is 40.5 Å². The largest absolute Gasteiger partial charge is 0.444 e. The average Bonchev–Trinajstić information content (AvgIpc) is 3.42. The molecule has 6 aromatic rings. The number of aromatic nitrogens is 2. The molecule has 1 amide bonds. The molecule has 0 bridgehead atoms. The van der Waals surface area contributed by atoms with Crippen LogP contribution in [-0.2, 0) is 16.8 Å². The Hall–Kier alpha value is -5.16. The van der Waals surface area contributed by atoms with Crippen molar-refractivity contribution in [3.8, 4) is 0 Å². The predicted octanol–water partition coefficient (Wildman–Crippen LogP) is 7.69. The Labute approximate surface area is 227 Å². The number of aromatic amines is 1. The number of carbonyl (C=O) groups excluding carboxylic acids is 1. The molecule has 6 rings (SSSR count). The van der Waals surface area contributed by atoms with Gasteiger partial charge in [0.15, 0.2) is 0 Å². The molecule has 190 valence electrons. The van der Waals surface area contributed by atoms with Gasteiger partial charge in [0.2, 0.25) is 0 Å². The zero-order valence-electron chi connectivity index (χ0n) is 21.2. The van der Waals surface area contributed by atoms with Crippen molar-refractivity contribution in [2.75, 3.05) is 5.32 Å². The van der Waals surface area contributed by atoms with Crippen LogP contribution < -0.4 is 5.32 Å². The quantitative estimate of drug-likeness (QED) is 0.217. The number of nitrogens with zero attached hydrogens (tertiary/aromatic N) is 1. The molecule has 39 heavy (non-hydrogen) atoms. The number of benzene rings is 5. The van der Waals surface area contributed by atoms with Crippen LogP contribution in [-0.4, -0.2) is 16.3 Å². The summed E-state index contributed by atoms with van der Waals surface area (Å²) in [5, 5.41) is 12.0. The van der Waals surface area contributed by atoms with E-state index in [1.54, 1.807) is 0 Å². The lowest BCUT2D eigenvalue weighted by Crippen LogP contribution is -2.31. The van der Waals surface area contributed by atoms with Crippen LogP contribution in [0.25, 0.3) is 10.9 Å². The molecule has 0 radical (unpaired) electrons. The summed E-state index contributed by atoms with van der Waals surface area (Å²) in [6.07, 6.45) is -0.510. The van der Waals surface area contributed by atoms with Gasteiger partial charge in [0.25, 0.3) is 0 Å². The summed E-state index contributed by atoms with van der Waals surface area (Å²) < 4.78 is 5.46. The minimum atomic E-state index is -0.700. The van der Waals surface area contributed by atoms with Crippen molar-refractivity contribution < 1.29 is 9.53 Å². The van der Waals surface area contributed by atoms with E-state index in [0.717, 1.165) is 38.9 Å². The van der Waals surface area contributed by atoms with Crippen LogP contribution in [0.1, 0.15) is 27.9 Å². The van der Waals surface area contributed by atoms with E-state index in [4.69, 9.17) is 9.84 Å². The Kier molecular flexibility index (Phi) is 6.62. The first-order chi connectivity index (χ1) is 19.2. The van der Waals surface area contributed by atoms with Crippen LogP contribution in [0.3, 0.4) is 0 Å². The highest BCUT2D eigenvalue weighted by Crippen LogP contribution is 2.46. The fourth-order valence-electron chi connectivity index (χ4n) is 5.23. The summed E-state index contributed by atoms with van der Waals surface area (Å²) in [6, 6.07) is 46.6. The van der Waals surface area contributed by atoms with E-state index in [9.17, 15) is 4.79 Å². The summed E-state index contributed by atoms with van der Waals surface area (Å²) in [7, 11) is 0. The third-order valence-electron chi connectivity index (χ3n) is 7.00. The van der Waals surface area contributed by atoms with E-state index in [1.165, 1.54) is 0 Å². The molecular formula is C34H27N3O2. The molecular weight excluding hydrogens is 482 g/mol. The van der Waals surface area contributed by atoms with Gasteiger partial charge < -0.3 is 4.74 Å². The maximum absolute atomic E-state index is 12.6. The summed E-state index contributed by atoms with van der Waals surface area (Å²) in [5.74, 6) is 0. The van der Waals surface area contributed by atoms with Crippen LogP contribution in [0.4, 0.5) is 10.5 Å². The predicted molar refractivity (Wildman–Crippen MR) is 155 cm³/mol. The first kappa shape index (κ1) is 24.2. The molecule has 5 nitrogen and oxygen atoms in total. The molecule has 0 spiro atoms. The fraction of sp³-hybridized carbons (Fsp3) is 0.0588. The van der Waals surface area contributed by atoms with Gasteiger partial charge in [0.1, 0.15) is 6.61 Å². The van der Waals surface area contributed by atoms with Crippen molar-refractivity contribution >= 4 is 22.7 Å². The number of ether oxygens (including phenoxy) is 1. The van der Waals surface area contributed by atoms with Gasteiger partial charge in [-0.25, -0.2) is 4.79 Å². The molecule has 0 aliphatic heterocycles. The topological polar surface area (TPSA) is 67.0 Å². The third kappa shape index (κ3) is 4.66. The smallest absolute Gasteiger partial charge is 0.411 e. The number of carbonyl (C=O) groups is 1. The maximum atomic E-state index is 12.6. The number of anilines is 1. The number of hydrogen-bond donors (Lipinski definition) is 2. The number of nitrogens with one attached hydrogen (secondary N) is 2. The first-order valence-corrected chi connectivity index (χ1v) is 12.9. The molecule has 0 saturated carbocycles. The van der Waals surface area contributed by atoms with Crippen molar-refractivity contribution in [3.63, 3.8) is 0 Å². The lowest BCUT2D eigenvalue weighted by molar-refractivity contribution is 0.155. The average molecular weight is 510 g/mol. The van der Waals surface area contributed by atoms with E-state index < -0.39 is 11.5 Å². The number of rotatable bonds is 7. The minimum Gasteiger partial charge on any atom is -0.444 e. The van der Waals surface area contributed by atoms with Gasteiger partial charge in [-0.15, -0.1) is 0 Å². The molecule has 5 heteroatoms. The van der Waals surface area contributed by atoms with E-state index in [1.807, 2.05) is 66.7 Å². The number of hydrogen-bond acceptors (Lipinski definition) is 3. The summed E-state index contributed by atoms with van der Waals surface area (Å²) in [4.78, 5) is 12.6. The third-order valence-corrected chi connectivity index (χ3v) is 7.00. The molecule has 1 heterocycles. The molecule has 0 aliphatic rings. The molecule has 0 unspecified atom stereocenters. The van der Waals surface area contributed by atoms with Gasteiger partial charge in [-0.1, -0.05) is 121 Å². The normalized spacial score (nSPS) is 11.3. The van der Waals surface area contributed by atoms with Crippen molar-refractivity contribution in [2.45, 2.75) is 12.0 Å². The van der Waals surface area contributed by atoms with Gasteiger partial charge in [0, 0.05) is 11.1 Å². The van der Waals surface area contributed by atoms with Gasteiger partial charge >= 0.3 is 6.09 Å². The van der Waals surface area contributed by atoms with Gasteiger partial charge in [0.05, 0.1) is 16.6 Å². The Morgan fingerprint density at radius 3 is 1.74 bits per heavy atom. The molecule has 0 atom stereocenters. The number of H-pyrrole nitrogens is 1. The minimum absolute atomic E-state index is 0.199. The standard InChI is InChI=1S/C34H27N3O2/c38-33(39-24-25-13-5-1-6-14-25)35-29-21-22-31-30(23-29)32(37-36-31)34(26-15-7-2-8-16-26,27-17-9-3-10-18-27)28-19-11-4-12-20-28/h1-23H,24H2,(H,35,38)(H,36,37). The second kappa shape index (κ2) is 10.7. The Morgan fingerprint density at radius 1 is 0.692 bits per heavy atom. The highest BCUT2D eigenvalue weighted by atomic mass is 16.5. The second-order valence-corrected chi connectivity index (χ2v) is 9.37. The molecule has 5 aromatic carbocycles. The Balaban J connectivity index is 1.47. The van der Waals surface area contributed by atoms with Crippen molar-refractivity contribution in [1.82, 2.24) is 10.2 Å². The van der Waals surface area contributed by atoms with E-state index in [-0.39, 0.29) is 6.61 Å². The number of amides is 1. The fourth-order valence-corrected chi connectivity index (χ4v) is 5.23. The van der Waals surface area contributed by atoms with E-state index >= 15 is 0 Å². The van der Waals surface area contributed by atoms with Crippen molar-refractivity contribution in [2.24, 2.45) is 0 Å². The van der Waals surface area contributed by atoms with E-state index in [0.29, 0.717) is 5.69 Å². The number of fused-ring (bicyclic) bond motifs is 1.